The number of unbranched alkanes of at least 4 members (excludes halogenated alkanes) is 2. The molecular weight excluding hydrogens is 295 g/mol. The van der Waals surface area contributed by atoms with Crippen LogP contribution in [0.3, 0.4) is 0 Å². The SMILES string of the molecule is CNCCCCCc1ccc(-c2noc(C(F)(F)F)n2)cc1. The fourth-order valence-corrected chi connectivity index (χ4v) is 2.08. The van der Waals surface area contributed by atoms with E-state index in [1.807, 2.05) is 19.2 Å². The highest BCUT2D eigenvalue weighted by Gasteiger charge is 2.38. The van der Waals surface area contributed by atoms with Crippen molar-refractivity contribution in [2.75, 3.05) is 13.6 Å². The van der Waals surface area contributed by atoms with Gasteiger partial charge in [-0.3, -0.25) is 0 Å². The van der Waals surface area contributed by atoms with Crippen molar-refractivity contribution in [1.29, 1.82) is 0 Å². The second-order valence-corrected chi connectivity index (χ2v) is 5.03. The standard InChI is InChI=1S/C15H18F3N3O/c1-19-10-4-2-3-5-11-6-8-12(9-7-11)13-20-14(22-21-13)15(16,17)18/h6-9,19H,2-5,10H2,1H3. The van der Waals surface area contributed by atoms with Crippen molar-refractivity contribution in [2.24, 2.45) is 0 Å². The molecule has 2 rings (SSSR count). The molecule has 4 nitrogen and oxygen atoms in total. The van der Waals surface area contributed by atoms with Crippen molar-refractivity contribution in [3.63, 3.8) is 0 Å². The summed E-state index contributed by atoms with van der Waals surface area (Å²) in [4.78, 5) is 3.37. The molecule has 1 N–H and O–H groups in total. The molecule has 0 radical (unpaired) electrons. The largest absolute Gasteiger partial charge is 0.471 e. The van der Waals surface area contributed by atoms with Gasteiger partial charge in [0.2, 0.25) is 5.82 Å². The number of aromatic nitrogens is 2. The Labute approximate surface area is 126 Å². The number of aryl methyl sites for hydroxylation is 1. The summed E-state index contributed by atoms with van der Waals surface area (Å²) < 4.78 is 41.4. The van der Waals surface area contributed by atoms with E-state index in [1.54, 1.807) is 12.1 Å². The van der Waals surface area contributed by atoms with E-state index in [9.17, 15) is 13.2 Å². The first kappa shape index (κ1) is 16.5. The maximum Gasteiger partial charge on any atom is 0.471 e. The van der Waals surface area contributed by atoms with E-state index >= 15 is 0 Å². The van der Waals surface area contributed by atoms with Gasteiger partial charge in [-0.05, 0) is 38.4 Å². The first-order chi connectivity index (χ1) is 10.5. The van der Waals surface area contributed by atoms with Gasteiger partial charge in [0.15, 0.2) is 0 Å². The summed E-state index contributed by atoms with van der Waals surface area (Å²) in [5.41, 5.74) is 1.66. The Balaban J connectivity index is 1.93. The van der Waals surface area contributed by atoms with E-state index in [4.69, 9.17) is 0 Å². The van der Waals surface area contributed by atoms with E-state index in [0.29, 0.717) is 5.56 Å². The third-order valence-electron chi connectivity index (χ3n) is 3.27. The van der Waals surface area contributed by atoms with Gasteiger partial charge in [-0.1, -0.05) is 35.8 Å². The number of rotatable bonds is 7. The Morgan fingerprint density at radius 3 is 2.41 bits per heavy atom. The molecule has 0 unspecified atom stereocenters. The molecule has 0 aliphatic heterocycles. The van der Waals surface area contributed by atoms with E-state index in [2.05, 4.69) is 20.0 Å². The normalized spacial score (nSPS) is 11.8. The molecule has 120 valence electrons. The fraction of sp³-hybridized carbons (Fsp3) is 0.467. The number of nitrogens with zero attached hydrogens (tertiary/aromatic N) is 2. The van der Waals surface area contributed by atoms with Crippen molar-refractivity contribution >= 4 is 0 Å². The zero-order chi connectivity index (χ0) is 16.0. The van der Waals surface area contributed by atoms with Crippen LogP contribution in [-0.2, 0) is 12.6 Å². The minimum Gasteiger partial charge on any atom is -0.329 e. The van der Waals surface area contributed by atoms with E-state index in [1.165, 1.54) is 0 Å². The first-order valence-electron chi connectivity index (χ1n) is 7.15. The molecule has 7 heteroatoms. The predicted octanol–water partition coefficient (Wildman–Crippen LogP) is 3.69. The molecule has 22 heavy (non-hydrogen) atoms. The molecule has 1 aromatic heterocycles. The summed E-state index contributed by atoms with van der Waals surface area (Å²) >= 11 is 0. The summed E-state index contributed by atoms with van der Waals surface area (Å²) in [6.45, 7) is 1.01. The second kappa shape index (κ2) is 7.40. The Morgan fingerprint density at radius 1 is 1.09 bits per heavy atom. The number of nitrogens with one attached hydrogen (secondary N) is 1. The number of hydrogen-bond acceptors (Lipinski definition) is 4. The molecule has 0 saturated carbocycles. The summed E-state index contributed by atoms with van der Waals surface area (Å²) in [5.74, 6) is -1.37. The van der Waals surface area contributed by atoms with Crippen molar-refractivity contribution in [3.05, 3.63) is 35.7 Å². The van der Waals surface area contributed by atoms with E-state index in [-0.39, 0.29) is 5.82 Å². The molecule has 0 fully saturated rings. The van der Waals surface area contributed by atoms with Gasteiger partial charge in [0.05, 0.1) is 0 Å². The highest BCUT2D eigenvalue weighted by molar-refractivity contribution is 5.54. The van der Waals surface area contributed by atoms with Crippen LogP contribution in [0.25, 0.3) is 11.4 Å². The minimum absolute atomic E-state index is 0.0482. The number of alkyl halides is 3. The summed E-state index contributed by atoms with van der Waals surface area (Å²) in [6.07, 6.45) is -0.302. The molecular formula is C15H18F3N3O. The van der Waals surface area contributed by atoms with Crippen molar-refractivity contribution < 1.29 is 17.7 Å². The monoisotopic (exact) mass is 313 g/mol. The van der Waals surface area contributed by atoms with Crippen LogP contribution < -0.4 is 5.32 Å². The molecule has 0 aliphatic rings. The first-order valence-corrected chi connectivity index (χ1v) is 7.15. The number of halogens is 3. The van der Waals surface area contributed by atoms with Crippen LogP contribution in [0.2, 0.25) is 0 Å². The van der Waals surface area contributed by atoms with Crippen LogP contribution in [0.1, 0.15) is 30.7 Å². The summed E-state index contributed by atoms with van der Waals surface area (Å²) in [6, 6.07) is 7.20. The highest BCUT2D eigenvalue weighted by atomic mass is 19.4. The van der Waals surface area contributed by atoms with Gasteiger partial charge in [0.1, 0.15) is 0 Å². The molecule has 2 aromatic rings. The average Bonchev–Trinajstić information content (AvgIpc) is 2.98. The Morgan fingerprint density at radius 2 is 1.82 bits per heavy atom. The van der Waals surface area contributed by atoms with Crippen LogP contribution in [0.15, 0.2) is 28.8 Å². The van der Waals surface area contributed by atoms with Gasteiger partial charge in [0.25, 0.3) is 0 Å². The predicted molar refractivity (Wildman–Crippen MR) is 76.2 cm³/mol. The zero-order valence-electron chi connectivity index (χ0n) is 12.3. The Kier molecular flexibility index (Phi) is 5.54. The topological polar surface area (TPSA) is 51.0 Å². The van der Waals surface area contributed by atoms with Gasteiger partial charge < -0.3 is 9.84 Å². The lowest BCUT2D eigenvalue weighted by Gasteiger charge is -2.03. The van der Waals surface area contributed by atoms with Crippen molar-refractivity contribution in [1.82, 2.24) is 15.5 Å². The minimum atomic E-state index is -4.61. The van der Waals surface area contributed by atoms with Gasteiger partial charge in [-0.2, -0.15) is 18.2 Å². The molecule has 0 atom stereocenters. The summed E-state index contributed by atoms with van der Waals surface area (Å²) in [7, 11) is 1.93. The zero-order valence-corrected chi connectivity index (χ0v) is 12.3. The lowest BCUT2D eigenvalue weighted by Crippen LogP contribution is -2.07. The molecule has 0 saturated heterocycles. The molecule has 0 amide bonds. The van der Waals surface area contributed by atoms with Gasteiger partial charge in [0, 0.05) is 5.56 Å². The lowest BCUT2D eigenvalue weighted by molar-refractivity contribution is -0.159. The van der Waals surface area contributed by atoms with Gasteiger partial charge >= 0.3 is 12.1 Å². The average molecular weight is 313 g/mol. The Hall–Kier alpha value is -1.89. The molecule has 1 aromatic carbocycles. The molecule has 1 heterocycles. The maximum atomic E-state index is 12.4. The number of benzene rings is 1. The van der Waals surface area contributed by atoms with Crippen LogP contribution >= 0.6 is 0 Å². The quantitative estimate of drug-likeness (QED) is 0.792. The van der Waals surface area contributed by atoms with Crippen LogP contribution in [0.5, 0.6) is 0 Å². The highest BCUT2D eigenvalue weighted by Crippen LogP contribution is 2.29. The third-order valence-corrected chi connectivity index (χ3v) is 3.27. The van der Waals surface area contributed by atoms with Crippen molar-refractivity contribution in [3.8, 4) is 11.4 Å². The number of hydrogen-bond donors (Lipinski definition) is 1. The van der Waals surface area contributed by atoms with Gasteiger partial charge in [-0.25, -0.2) is 0 Å². The second-order valence-electron chi connectivity index (χ2n) is 5.03. The third kappa shape index (κ3) is 4.56. The van der Waals surface area contributed by atoms with Crippen LogP contribution in [-0.4, -0.2) is 23.7 Å². The van der Waals surface area contributed by atoms with Crippen LogP contribution in [0, 0.1) is 0 Å². The lowest BCUT2D eigenvalue weighted by atomic mass is 10.0. The smallest absolute Gasteiger partial charge is 0.329 e. The Bertz CT molecular complexity index is 578. The van der Waals surface area contributed by atoms with E-state index in [0.717, 1.165) is 37.8 Å². The fourth-order valence-electron chi connectivity index (χ4n) is 2.08. The van der Waals surface area contributed by atoms with Crippen molar-refractivity contribution in [2.45, 2.75) is 31.9 Å². The van der Waals surface area contributed by atoms with Crippen LogP contribution in [0.4, 0.5) is 13.2 Å². The van der Waals surface area contributed by atoms with E-state index < -0.39 is 12.1 Å². The molecule has 0 bridgehead atoms. The molecule has 0 aliphatic carbocycles. The van der Waals surface area contributed by atoms with Gasteiger partial charge in [-0.15, -0.1) is 0 Å². The molecule has 0 spiro atoms. The summed E-state index contributed by atoms with van der Waals surface area (Å²) in [5, 5.41) is 6.47. The maximum absolute atomic E-state index is 12.4.